The highest BCUT2D eigenvalue weighted by atomic mass is 79.9. The fraction of sp³-hybridized carbons (Fsp3) is 0. The number of hydrogen-bond acceptors (Lipinski definition) is 4. The van der Waals surface area contributed by atoms with Crippen molar-refractivity contribution in [3.05, 3.63) is 22.7 Å². The van der Waals surface area contributed by atoms with E-state index >= 15 is 0 Å². The first-order valence-corrected chi connectivity index (χ1v) is 5.70. The summed E-state index contributed by atoms with van der Waals surface area (Å²) in [4.78, 5) is 13.0. The molecule has 0 unspecified atom stereocenters. The summed E-state index contributed by atoms with van der Waals surface area (Å²) >= 11 is 3.00. The van der Waals surface area contributed by atoms with Crippen LogP contribution < -0.4 is 5.14 Å². The van der Waals surface area contributed by atoms with E-state index in [1.165, 1.54) is 24.3 Å². The lowest BCUT2D eigenvalue weighted by Gasteiger charge is -2.03. The van der Waals surface area contributed by atoms with Gasteiger partial charge in [0.25, 0.3) is 0 Å². The van der Waals surface area contributed by atoms with E-state index in [2.05, 4.69) is 20.9 Å². The molecule has 0 aromatic heterocycles. The molecule has 5 nitrogen and oxygen atoms in total. The Morgan fingerprint density at radius 3 is 2.57 bits per heavy atom. The van der Waals surface area contributed by atoms with E-state index in [0.29, 0.717) is 0 Å². The number of benzene rings is 1. The van der Waals surface area contributed by atoms with Gasteiger partial charge in [0.15, 0.2) is 0 Å². The van der Waals surface area contributed by atoms with Crippen LogP contribution in [0.2, 0.25) is 0 Å². The first kappa shape index (κ1) is 11.1. The zero-order valence-electron chi connectivity index (χ0n) is 6.77. The molecule has 1 aromatic carbocycles. The minimum Gasteiger partial charge on any atom is -0.225 e. The lowest BCUT2D eigenvalue weighted by Crippen LogP contribution is -2.13. The summed E-state index contributed by atoms with van der Waals surface area (Å²) in [6.07, 6.45) is 1.26. The highest BCUT2D eigenvalue weighted by Gasteiger charge is 2.17. The summed E-state index contributed by atoms with van der Waals surface area (Å²) in [5.74, 6) is 0. The Hall–Kier alpha value is -1.01. The summed E-state index contributed by atoms with van der Waals surface area (Å²) < 4.78 is 22.5. The lowest BCUT2D eigenvalue weighted by atomic mass is 10.3. The molecule has 0 amide bonds. The predicted octanol–water partition coefficient (Wildman–Crippen LogP) is 1.06. The topological polar surface area (TPSA) is 89.6 Å². The molecule has 14 heavy (non-hydrogen) atoms. The highest BCUT2D eigenvalue weighted by molar-refractivity contribution is 9.10. The fourth-order valence-electron chi connectivity index (χ4n) is 0.916. The van der Waals surface area contributed by atoms with Crippen LogP contribution in [0.25, 0.3) is 0 Å². The smallest absolute Gasteiger partial charge is 0.225 e. The van der Waals surface area contributed by atoms with Crippen LogP contribution in [0.4, 0.5) is 5.69 Å². The van der Waals surface area contributed by atoms with Crippen molar-refractivity contribution < 1.29 is 13.2 Å². The second kappa shape index (κ2) is 4.02. The monoisotopic (exact) mass is 276 g/mol. The van der Waals surface area contributed by atoms with Gasteiger partial charge in [0.2, 0.25) is 16.1 Å². The van der Waals surface area contributed by atoms with Crippen molar-refractivity contribution in [2.24, 2.45) is 10.1 Å². The van der Waals surface area contributed by atoms with E-state index in [1.807, 2.05) is 0 Å². The van der Waals surface area contributed by atoms with Crippen molar-refractivity contribution in [2.75, 3.05) is 0 Å². The Labute approximate surface area is 88.8 Å². The Morgan fingerprint density at radius 1 is 1.43 bits per heavy atom. The SMILES string of the molecule is NS(=O)(=O)c1c(Br)cccc1N=C=O. The van der Waals surface area contributed by atoms with E-state index < -0.39 is 10.0 Å². The van der Waals surface area contributed by atoms with Gasteiger partial charge in [-0.05, 0) is 28.1 Å². The van der Waals surface area contributed by atoms with Crippen LogP contribution in [0.15, 0.2) is 32.6 Å². The van der Waals surface area contributed by atoms with Crippen LogP contribution >= 0.6 is 15.9 Å². The third-order valence-corrected chi connectivity index (χ3v) is 3.32. The van der Waals surface area contributed by atoms with Crippen LogP contribution in [0.5, 0.6) is 0 Å². The molecule has 0 atom stereocenters. The van der Waals surface area contributed by atoms with E-state index in [1.54, 1.807) is 0 Å². The standard InChI is InChI=1S/C7H5BrN2O3S/c8-5-2-1-3-6(10-4-11)7(5)14(9,12)13/h1-3H,(H2,9,12,13). The van der Waals surface area contributed by atoms with Crippen molar-refractivity contribution in [2.45, 2.75) is 4.90 Å². The number of primary sulfonamides is 1. The highest BCUT2D eigenvalue weighted by Crippen LogP contribution is 2.30. The fourth-order valence-corrected chi connectivity index (χ4v) is 2.69. The zero-order chi connectivity index (χ0) is 10.8. The van der Waals surface area contributed by atoms with Gasteiger partial charge < -0.3 is 0 Å². The van der Waals surface area contributed by atoms with Crippen LogP contribution in [0, 0.1) is 0 Å². The third kappa shape index (κ3) is 2.27. The number of rotatable bonds is 2. The van der Waals surface area contributed by atoms with E-state index in [-0.39, 0.29) is 15.1 Å². The van der Waals surface area contributed by atoms with Gasteiger partial charge in [-0.25, -0.2) is 18.4 Å². The van der Waals surface area contributed by atoms with Gasteiger partial charge >= 0.3 is 0 Å². The number of sulfonamides is 1. The molecule has 0 fully saturated rings. The average Bonchev–Trinajstić information content (AvgIpc) is 2.02. The molecule has 0 saturated heterocycles. The molecule has 0 saturated carbocycles. The normalized spacial score (nSPS) is 10.7. The van der Waals surface area contributed by atoms with Crippen molar-refractivity contribution in [3.63, 3.8) is 0 Å². The van der Waals surface area contributed by atoms with Crippen molar-refractivity contribution in [1.29, 1.82) is 0 Å². The molecule has 0 bridgehead atoms. The van der Waals surface area contributed by atoms with Crippen molar-refractivity contribution in [3.8, 4) is 0 Å². The second-order valence-electron chi connectivity index (χ2n) is 2.34. The average molecular weight is 277 g/mol. The molecule has 0 aliphatic rings. The van der Waals surface area contributed by atoms with Crippen LogP contribution in [-0.4, -0.2) is 14.5 Å². The summed E-state index contributed by atoms with van der Waals surface area (Å²) in [6, 6.07) is 4.38. The lowest BCUT2D eigenvalue weighted by molar-refractivity contribution is 0.565. The van der Waals surface area contributed by atoms with Crippen LogP contribution in [0.3, 0.4) is 0 Å². The van der Waals surface area contributed by atoms with Crippen molar-refractivity contribution >= 4 is 37.7 Å². The minimum atomic E-state index is -3.91. The second-order valence-corrected chi connectivity index (χ2v) is 4.69. The summed E-state index contributed by atoms with van der Waals surface area (Å²) in [7, 11) is -3.91. The molecule has 1 aromatic rings. The molecule has 0 aliphatic heterocycles. The van der Waals surface area contributed by atoms with Crippen LogP contribution in [-0.2, 0) is 14.8 Å². The molecule has 0 spiro atoms. The van der Waals surface area contributed by atoms with Gasteiger partial charge in [-0.3, -0.25) is 0 Å². The Balaban J connectivity index is 3.61. The third-order valence-electron chi connectivity index (χ3n) is 1.40. The van der Waals surface area contributed by atoms with E-state index in [4.69, 9.17) is 5.14 Å². The molecule has 1 rings (SSSR count). The van der Waals surface area contributed by atoms with Gasteiger partial charge in [0, 0.05) is 4.47 Å². The predicted molar refractivity (Wildman–Crippen MR) is 53.3 cm³/mol. The molecule has 74 valence electrons. The molecule has 0 heterocycles. The summed E-state index contributed by atoms with van der Waals surface area (Å²) in [5, 5.41) is 4.94. The van der Waals surface area contributed by atoms with Crippen molar-refractivity contribution in [1.82, 2.24) is 0 Å². The van der Waals surface area contributed by atoms with Crippen LogP contribution in [0.1, 0.15) is 0 Å². The molecule has 2 N–H and O–H groups in total. The number of aliphatic imine (C=N–C) groups is 1. The van der Waals surface area contributed by atoms with Gasteiger partial charge in [-0.1, -0.05) is 6.07 Å². The molecular weight excluding hydrogens is 272 g/mol. The Morgan fingerprint density at radius 2 is 2.07 bits per heavy atom. The maximum absolute atomic E-state index is 11.1. The Bertz CT molecular complexity index is 506. The van der Waals surface area contributed by atoms with Gasteiger partial charge in [0.1, 0.15) is 4.90 Å². The number of nitrogens with two attached hydrogens (primary N) is 1. The number of carbonyl (C=O) groups excluding carboxylic acids is 1. The number of isocyanates is 1. The largest absolute Gasteiger partial charge is 0.241 e. The van der Waals surface area contributed by atoms with E-state index in [9.17, 15) is 13.2 Å². The minimum absolute atomic E-state index is 0.0307. The number of halogens is 1. The molecule has 0 aliphatic carbocycles. The van der Waals surface area contributed by atoms with E-state index in [0.717, 1.165) is 0 Å². The first-order valence-electron chi connectivity index (χ1n) is 3.36. The maximum atomic E-state index is 11.1. The molecule has 0 radical (unpaired) electrons. The number of hydrogen-bond donors (Lipinski definition) is 1. The maximum Gasteiger partial charge on any atom is 0.241 e. The summed E-state index contributed by atoms with van der Waals surface area (Å²) in [5.41, 5.74) is -0.0307. The zero-order valence-corrected chi connectivity index (χ0v) is 9.17. The van der Waals surface area contributed by atoms with Gasteiger partial charge in [-0.2, -0.15) is 4.99 Å². The summed E-state index contributed by atoms with van der Waals surface area (Å²) in [6.45, 7) is 0. The molecule has 7 heteroatoms. The van der Waals surface area contributed by atoms with Gasteiger partial charge in [-0.15, -0.1) is 0 Å². The Kier molecular flexibility index (Phi) is 3.17. The van der Waals surface area contributed by atoms with Gasteiger partial charge in [0.05, 0.1) is 5.69 Å². The quantitative estimate of drug-likeness (QED) is 0.647. The molecular formula is C7H5BrN2O3S. The number of nitrogens with zero attached hydrogens (tertiary/aromatic N) is 1. The first-order chi connectivity index (χ1) is 6.46.